The SMILES string of the molecule is Cc1ccc(C(=O)NCCC(=O)N2CCC[C@@H](C(=O)O)[C@H]2C)c(O)c1. The van der Waals surface area contributed by atoms with Crippen molar-refractivity contribution in [1.29, 1.82) is 0 Å². The molecule has 7 heteroatoms. The van der Waals surface area contributed by atoms with Crippen molar-refractivity contribution in [3.8, 4) is 5.75 Å². The molecule has 0 unspecified atom stereocenters. The number of nitrogens with one attached hydrogen (secondary N) is 1. The average Bonchev–Trinajstić information content (AvgIpc) is 2.54. The number of rotatable bonds is 5. The number of hydrogen-bond acceptors (Lipinski definition) is 4. The van der Waals surface area contributed by atoms with Crippen LogP contribution in [0.4, 0.5) is 0 Å². The highest BCUT2D eigenvalue weighted by atomic mass is 16.4. The number of aromatic hydroxyl groups is 1. The Morgan fingerprint density at radius 1 is 1.32 bits per heavy atom. The number of benzene rings is 1. The van der Waals surface area contributed by atoms with E-state index in [0.29, 0.717) is 19.4 Å². The van der Waals surface area contributed by atoms with Gasteiger partial charge in [0.15, 0.2) is 0 Å². The summed E-state index contributed by atoms with van der Waals surface area (Å²) in [5.74, 6) is -2.14. The first-order valence-corrected chi connectivity index (χ1v) is 8.41. The van der Waals surface area contributed by atoms with E-state index >= 15 is 0 Å². The molecule has 1 saturated heterocycles. The molecule has 0 aromatic heterocycles. The molecular weight excluding hydrogens is 324 g/mol. The number of nitrogens with zero attached hydrogens (tertiary/aromatic N) is 1. The second-order valence-electron chi connectivity index (χ2n) is 6.44. The van der Waals surface area contributed by atoms with Crippen molar-refractivity contribution in [3.05, 3.63) is 29.3 Å². The molecule has 25 heavy (non-hydrogen) atoms. The minimum absolute atomic E-state index is 0.0923. The first-order valence-electron chi connectivity index (χ1n) is 8.41. The van der Waals surface area contributed by atoms with Crippen LogP contribution in [-0.2, 0) is 9.59 Å². The van der Waals surface area contributed by atoms with Gasteiger partial charge in [0.05, 0.1) is 11.5 Å². The molecule has 0 bridgehead atoms. The van der Waals surface area contributed by atoms with E-state index < -0.39 is 17.8 Å². The van der Waals surface area contributed by atoms with Gasteiger partial charge in [0.2, 0.25) is 5.91 Å². The molecule has 1 heterocycles. The van der Waals surface area contributed by atoms with E-state index in [0.717, 1.165) is 5.56 Å². The van der Waals surface area contributed by atoms with Crippen molar-refractivity contribution >= 4 is 17.8 Å². The lowest BCUT2D eigenvalue weighted by Crippen LogP contribution is -2.49. The number of aliphatic carboxylic acids is 1. The molecule has 136 valence electrons. The van der Waals surface area contributed by atoms with Crippen LogP contribution in [0.3, 0.4) is 0 Å². The number of carbonyl (C=O) groups excluding carboxylic acids is 2. The number of phenolic OH excluding ortho intramolecular Hbond substituents is 1. The molecule has 2 atom stereocenters. The molecule has 2 amide bonds. The number of carboxylic acid groups (broad SMARTS) is 1. The van der Waals surface area contributed by atoms with Crippen molar-refractivity contribution in [2.24, 2.45) is 5.92 Å². The van der Waals surface area contributed by atoms with Crippen molar-refractivity contribution in [3.63, 3.8) is 0 Å². The molecule has 0 spiro atoms. The van der Waals surface area contributed by atoms with Gasteiger partial charge < -0.3 is 20.4 Å². The van der Waals surface area contributed by atoms with E-state index in [9.17, 15) is 24.6 Å². The molecule has 1 fully saturated rings. The number of phenols is 1. The number of likely N-dealkylation sites (tertiary alicyclic amines) is 1. The van der Waals surface area contributed by atoms with Crippen molar-refractivity contribution in [2.75, 3.05) is 13.1 Å². The van der Waals surface area contributed by atoms with Gasteiger partial charge in [-0.25, -0.2) is 0 Å². The Morgan fingerprint density at radius 3 is 2.68 bits per heavy atom. The molecule has 1 aliphatic rings. The average molecular weight is 348 g/mol. The van der Waals surface area contributed by atoms with Gasteiger partial charge in [0.1, 0.15) is 5.75 Å². The Balaban J connectivity index is 1.87. The Morgan fingerprint density at radius 2 is 2.04 bits per heavy atom. The van der Waals surface area contributed by atoms with E-state index in [1.807, 2.05) is 6.92 Å². The van der Waals surface area contributed by atoms with Crippen molar-refractivity contribution < 1.29 is 24.6 Å². The molecule has 3 N–H and O–H groups in total. The minimum Gasteiger partial charge on any atom is -0.507 e. The Kier molecular flexibility index (Phi) is 6.01. The first kappa shape index (κ1) is 18.8. The Bertz CT molecular complexity index is 673. The summed E-state index contributed by atoms with van der Waals surface area (Å²) in [5, 5.41) is 21.6. The fourth-order valence-electron chi connectivity index (χ4n) is 3.18. The van der Waals surface area contributed by atoms with Crippen LogP contribution >= 0.6 is 0 Å². The van der Waals surface area contributed by atoms with Crippen LogP contribution < -0.4 is 5.32 Å². The zero-order valence-electron chi connectivity index (χ0n) is 14.5. The first-order chi connectivity index (χ1) is 11.8. The molecule has 0 saturated carbocycles. The predicted molar refractivity (Wildman–Crippen MR) is 91.3 cm³/mol. The van der Waals surface area contributed by atoms with Crippen LogP contribution in [0.2, 0.25) is 0 Å². The van der Waals surface area contributed by atoms with Crippen LogP contribution in [0.1, 0.15) is 42.1 Å². The molecule has 0 radical (unpaired) electrons. The summed E-state index contributed by atoms with van der Waals surface area (Å²) in [4.78, 5) is 37.2. The third kappa shape index (κ3) is 4.49. The molecule has 1 aromatic carbocycles. The van der Waals surface area contributed by atoms with Gasteiger partial charge in [-0.2, -0.15) is 0 Å². The third-order valence-electron chi connectivity index (χ3n) is 4.65. The second-order valence-corrected chi connectivity index (χ2v) is 6.44. The summed E-state index contributed by atoms with van der Waals surface area (Å²) >= 11 is 0. The van der Waals surface area contributed by atoms with Crippen LogP contribution in [0.5, 0.6) is 5.75 Å². The van der Waals surface area contributed by atoms with Gasteiger partial charge >= 0.3 is 5.97 Å². The highest BCUT2D eigenvalue weighted by Gasteiger charge is 2.34. The van der Waals surface area contributed by atoms with Crippen LogP contribution in [-0.4, -0.2) is 52.0 Å². The molecule has 1 aliphatic heterocycles. The maximum absolute atomic E-state index is 12.3. The number of amides is 2. The van der Waals surface area contributed by atoms with Gasteiger partial charge in [-0.1, -0.05) is 6.07 Å². The fourth-order valence-corrected chi connectivity index (χ4v) is 3.18. The largest absolute Gasteiger partial charge is 0.507 e. The summed E-state index contributed by atoms with van der Waals surface area (Å²) < 4.78 is 0. The molecule has 7 nitrogen and oxygen atoms in total. The predicted octanol–water partition coefficient (Wildman–Crippen LogP) is 1.53. The van der Waals surface area contributed by atoms with Crippen LogP contribution in [0, 0.1) is 12.8 Å². The Labute approximate surface area is 146 Å². The quantitative estimate of drug-likeness (QED) is 0.748. The number of aryl methyl sites for hydroxylation is 1. The van der Waals surface area contributed by atoms with E-state index in [1.165, 1.54) is 12.1 Å². The molecule has 2 rings (SSSR count). The monoisotopic (exact) mass is 348 g/mol. The summed E-state index contributed by atoms with van der Waals surface area (Å²) in [7, 11) is 0. The smallest absolute Gasteiger partial charge is 0.308 e. The highest BCUT2D eigenvalue weighted by molar-refractivity contribution is 5.97. The van der Waals surface area contributed by atoms with E-state index in [4.69, 9.17) is 0 Å². The van der Waals surface area contributed by atoms with E-state index in [-0.39, 0.29) is 36.2 Å². The van der Waals surface area contributed by atoms with Gasteiger partial charge in [-0.15, -0.1) is 0 Å². The Hall–Kier alpha value is -2.57. The molecular formula is C18H24N2O5. The third-order valence-corrected chi connectivity index (χ3v) is 4.65. The van der Waals surface area contributed by atoms with Crippen LogP contribution in [0.15, 0.2) is 18.2 Å². The summed E-state index contributed by atoms with van der Waals surface area (Å²) in [6.45, 7) is 4.23. The number of carboxylic acids is 1. The van der Waals surface area contributed by atoms with Gasteiger partial charge in [0, 0.05) is 25.6 Å². The summed E-state index contributed by atoms with van der Waals surface area (Å²) in [6, 6.07) is 4.41. The number of hydrogen-bond donors (Lipinski definition) is 3. The normalized spacial score (nSPS) is 20.2. The topological polar surface area (TPSA) is 107 Å². The van der Waals surface area contributed by atoms with Crippen LogP contribution in [0.25, 0.3) is 0 Å². The zero-order chi connectivity index (χ0) is 18.6. The zero-order valence-corrected chi connectivity index (χ0v) is 14.5. The summed E-state index contributed by atoms with van der Waals surface area (Å²) in [6.07, 6.45) is 1.33. The van der Waals surface area contributed by atoms with Gasteiger partial charge in [-0.3, -0.25) is 14.4 Å². The van der Waals surface area contributed by atoms with Crippen molar-refractivity contribution in [2.45, 2.75) is 39.2 Å². The van der Waals surface area contributed by atoms with Gasteiger partial charge in [0.25, 0.3) is 5.91 Å². The minimum atomic E-state index is -0.881. The van der Waals surface area contributed by atoms with Crippen molar-refractivity contribution in [1.82, 2.24) is 10.2 Å². The highest BCUT2D eigenvalue weighted by Crippen LogP contribution is 2.24. The lowest BCUT2D eigenvalue weighted by atomic mass is 9.90. The standard InChI is InChI=1S/C18H24N2O5/c1-11-5-6-14(15(21)10-11)17(23)19-8-7-16(22)20-9-3-4-13(12(20)2)18(24)25/h5-6,10,12-13,21H,3-4,7-9H2,1-2H3,(H,19,23)(H,24,25)/t12-,13-/m1/s1. The maximum Gasteiger partial charge on any atom is 0.308 e. The second kappa shape index (κ2) is 8.00. The molecule has 0 aliphatic carbocycles. The molecule has 1 aromatic rings. The fraction of sp³-hybridized carbons (Fsp3) is 0.500. The maximum atomic E-state index is 12.3. The number of piperidine rings is 1. The lowest BCUT2D eigenvalue weighted by molar-refractivity contribution is -0.149. The van der Waals surface area contributed by atoms with E-state index in [2.05, 4.69) is 5.32 Å². The summed E-state index contributed by atoms with van der Waals surface area (Å²) in [5.41, 5.74) is 1.01. The van der Waals surface area contributed by atoms with E-state index in [1.54, 1.807) is 17.9 Å². The lowest BCUT2D eigenvalue weighted by Gasteiger charge is -2.37. The number of carbonyl (C=O) groups is 3. The van der Waals surface area contributed by atoms with Gasteiger partial charge in [-0.05, 0) is 44.4 Å².